The van der Waals surface area contributed by atoms with E-state index in [1.165, 1.54) is 0 Å². The molecule has 4 nitrogen and oxygen atoms in total. The first-order valence-electron chi connectivity index (χ1n) is 6.38. The zero-order valence-corrected chi connectivity index (χ0v) is 13.7. The molecule has 0 bridgehead atoms. The summed E-state index contributed by atoms with van der Waals surface area (Å²) < 4.78 is 6.25. The molecule has 2 aromatic rings. The number of amides is 1. The van der Waals surface area contributed by atoms with E-state index >= 15 is 0 Å². The fourth-order valence-corrected chi connectivity index (χ4v) is 2.34. The molecule has 0 aliphatic carbocycles. The lowest BCUT2D eigenvalue weighted by Gasteiger charge is -2.03. The van der Waals surface area contributed by atoms with E-state index < -0.39 is 0 Å². The lowest BCUT2D eigenvalue weighted by molar-refractivity contribution is -0.120. The Bertz CT molecular complexity index is 656. The Morgan fingerprint density at radius 1 is 1.29 bits per heavy atom. The molecule has 0 unspecified atom stereocenters. The van der Waals surface area contributed by atoms with Crippen molar-refractivity contribution in [1.29, 1.82) is 0 Å². The molecule has 0 fully saturated rings. The molecule has 2 rings (SSSR count). The summed E-state index contributed by atoms with van der Waals surface area (Å²) in [5.74, 6) is 0.577. The third-order valence-corrected chi connectivity index (χ3v) is 3.42. The van der Waals surface area contributed by atoms with Gasteiger partial charge in [-0.05, 0) is 58.0 Å². The smallest absolute Gasteiger partial charge is 0.244 e. The van der Waals surface area contributed by atoms with Crippen molar-refractivity contribution < 1.29 is 9.53 Å². The van der Waals surface area contributed by atoms with Crippen molar-refractivity contribution in [2.24, 2.45) is 5.10 Å². The predicted octanol–water partition coefficient (Wildman–Crippen LogP) is 2.99. The molecule has 2 aromatic carbocycles. The Labute approximate surface area is 137 Å². The Hall–Kier alpha value is -1.89. The van der Waals surface area contributed by atoms with Gasteiger partial charge in [0.25, 0.3) is 0 Å². The SMILES string of the molecule is COc1cccc(CC(=O)NN=Cc2cccc(I)c2)c1. The Kier molecular flexibility index (Phi) is 5.74. The number of carbonyl (C=O) groups excluding carboxylic acids is 1. The largest absolute Gasteiger partial charge is 0.497 e. The van der Waals surface area contributed by atoms with Gasteiger partial charge < -0.3 is 4.74 Å². The van der Waals surface area contributed by atoms with Crippen LogP contribution in [0.15, 0.2) is 53.6 Å². The number of nitrogens with one attached hydrogen (secondary N) is 1. The minimum Gasteiger partial charge on any atom is -0.497 e. The van der Waals surface area contributed by atoms with Gasteiger partial charge in [0.1, 0.15) is 5.75 Å². The number of hydrogen-bond donors (Lipinski definition) is 1. The highest BCUT2D eigenvalue weighted by Gasteiger charge is 2.03. The van der Waals surface area contributed by atoms with Crippen LogP contribution in [0.5, 0.6) is 5.75 Å². The molecule has 21 heavy (non-hydrogen) atoms. The quantitative estimate of drug-likeness (QED) is 0.482. The van der Waals surface area contributed by atoms with Gasteiger partial charge >= 0.3 is 0 Å². The zero-order valence-electron chi connectivity index (χ0n) is 11.5. The normalized spacial score (nSPS) is 10.6. The maximum atomic E-state index is 11.8. The molecule has 0 saturated carbocycles. The second-order valence-electron chi connectivity index (χ2n) is 4.38. The lowest BCUT2D eigenvalue weighted by atomic mass is 10.1. The highest BCUT2D eigenvalue weighted by Crippen LogP contribution is 2.12. The minimum absolute atomic E-state index is 0.162. The fourth-order valence-electron chi connectivity index (χ4n) is 1.77. The number of ether oxygens (including phenoxy) is 1. The third-order valence-electron chi connectivity index (χ3n) is 2.75. The standard InChI is InChI=1S/C16H15IN2O2/c1-21-15-7-3-4-12(9-15)10-16(20)19-18-11-13-5-2-6-14(17)8-13/h2-9,11H,10H2,1H3,(H,19,20). The van der Waals surface area contributed by atoms with Gasteiger partial charge in [0.15, 0.2) is 0 Å². The van der Waals surface area contributed by atoms with Crippen molar-refractivity contribution in [3.8, 4) is 5.75 Å². The molecule has 0 heterocycles. The van der Waals surface area contributed by atoms with Gasteiger partial charge in [0.05, 0.1) is 19.7 Å². The molecular formula is C16H15IN2O2. The lowest BCUT2D eigenvalue weighted by Crippen LogP contribution is -2.19. The number of hydrazone groups is 1. The van der Waals surface area contributed by atoms with Crippen molar-refractivity contribution in [3.05, 3.63) is 63.2 Å². The molecule has 0 atom stereocenters. The van der Waals surface area contributed by atoms with Crippen LogP contribution in [0.1, 0.15) is 11.1 Å². The van der Waals surface area contributed by atoms with E-state index in [1.54, 1.807) is 13.3 Å². The number of benzene rings is 2. The summed E-state index contributed by atoms with van der Waals surface area (Å²) in [6, 6.07) is 15.3. The Morgan fingerprint density at radius 3 is 2.86 bits per heavy atom. The fraction of sp³-hybridized carbons (Fsp3) is 0.125. The van der Waals surface area contributed by atoms with Crippen LogP contribution < -0.4 is 10.2 Å². The van der Waals surface area contributed by atoms with Crippen LogP contribution in [0.3, 0.4) is 0 Å². The maximum Gasteiger partial charge on any atom is 0.244 e. The van der Waals surface area contributed by atoms with Gasteiger partial charge in [-0.3, -0.25) is 4.79 Å². The number of carbonyl (C=O) groups is 1. The van der Waals surface area contributed by atoms with E-state index in [-0.39, 0.29) is 12.3 Å². The van der Waals surface area contributed by atoms with Gasteiger partial charge in [-0.1, -0.05) is 24.3 Å². The van der Waals surface area contributed by atoms with E-state index in [4.69, 9.17) is 4.74 Å². The third kappa shape index (κ3) is 5.18. The monoisotopic (exact) mass is 394 g/mol. The Morgan fingerprint density at radius 2 is 2.10 bits per heavy atom. The van der Waals surface area contributed by atoms with Gasteiger partial charge in [0, 0.05) is 3.57 Å². The minimum atomic E-state index is -0.162. The van der Waals surface area contributed by atoms with E-state index in [1.807, 2.05) is 48.5 Å². The molecule has 0 radical (unpaired) electrons. The summed E-state index contributed by atoms with van der Waals surface area (Å²) in [6.07, 6.45) is 1.90. The van der Waals surface area contributed by atoms with Crippen LogP contribution in [0.2, 0.25) is 0 Å². The molecule has 0 aliphatic rings. The average molecular weight is 394 g/mol. The second-order valence-corrected chi connectivity index (χ2v) is 5.62. The summed E-state index contributed by atoms with van der Waals surface area (Å²) in [5.41, 5.74) is 4.36. The molecule has 0 aromatic heterocycles. The second kappa shape index (κ2) is 7.78. The van der Waals surface area contributed by atoms with Gasteiger partial charge in [0.2, 0.25) is 5.91 Å². The molecule has 108 valence electrons. The zero-order chi connectivity index (χ0) is 15.1. The van der Waals surface area contributed by atoms with Crippen LogP contribution >= 0.6 is 22.6 Å². The van der Waals surface area contributed by atoms with Crippen LogP contribution in [0.4, 0.5) is 0 Å². The molecule has 1 amide bonds. The van der Waals surface area contributed by atoms with E-state index in [0.29, 0.717) is 0 Å². The van der Waals surface area contributed by atoms with Crippen molar-refractivity contribution >= 4 is 34.7 Å². The van der Waals surface area contributed by atoms with Gasteiger partial charge in [-0.25, -0.2) is 5.43 Å². The van der Waals surface area contributed by atoms with Gasteiger partial charge in [-0.2, -0.15) is 5.10 Å². The molecule has 5 heteroatoms. The molecule has 0 saturated heterocycles. The molecule has 0 spiro atoms. The van der Waals surface area contributed by atoms with Crippen molar-refractivity contribution in [2.45, 2.75) is 6.42 Å². The topological polar surface area (TPSA) is 50.7 Å². The van der Waals surface area contributed by atoms with Crippen molar-refractivity contribution in [1.82, 2.24) is 5.43 Å². The van der Waals surface area contributed by atoms with Gasteiger partial charge in [-0.15, -0.1) is 0 Å². The molecular weight excluding hydrogens is 379 g/mol. The van der Waals surface area contributed by atoms with E-state index in [2.05, 4.69) is 33.1 Å². The highest BCUT2D eigenvalue weighted by molar-refractivity contribution is 14.1. The summed E-state index contributed by atoms with van der Waals surface area (Å²) >= 11 is 2.23. The first-order valence-corrected chi connectivity index (χ1v) is 7.45. The number of nitrogens with zero attached hydrogens (tertiary/aromatic N) is 1. The number of hydrogen-bond acceptors (Lipinski definition) is 3. The summed E-state index contributed by atoms with van der Waals surface area (Å²) in [5, 5.41) is 3.96. The summed E-state index contributed by atoms with van der Waals surface area (Å²) in [7, 11) is 1.60. The highest BCUT2D eigenvalue weighted by atomic mass is 127. The molecule has 0 aliphatic heterocycles. The van der Waals surface area contributed by atoms with Crippen LogP contribution in [-0.4, -0.2) is 19.2 Å². The number of rotatable bonds is 5. The number of halogens is 1. The van der Waals surface area contributed by atoms with E-state index in [0.717, 1.165) is 20.4 Å². The summed E-state index contributed by atoms with van der Waals surface area (Å²) in [6.45, 7) is 0. The van der Waals surface area contributed by atoms with Crippen LogP contribution in [0.25, 0.3) is 0 Å². The first-order chi connectivity index (χ1) is 10.2. The van der Waals surface area contributed by atoms with E-state index in [9.17, 15) is 4.79 Å². The van der Waals surface area contributed by atoms with Crippen LogP contribution in [-0.2, 0) is 11.2 Å². The Balaban J connectivity index is 1.90. The van der Waals surface area contributed by atoms with Crippen LogP contribution in [0, 0.1) is 3.57 Å². The predicted molar refractivity (Wildman–Crippen MR) is 91.6 cm³/mol. The van der Waals surface area contributed by atoms with Crippen molar-refractivity contribution in [3.63, 3.8) is 0 Å². The number of methoxy groups -OCH3 is 1. The first kappa shape index (κ1) is 15.5. The molecule has 1 N–H and O–H groups in total. The average Bonchev–Trinajstić information content (AvgIpc) is 2.47. The van der Waals surface area contributed by atoms with Crippen molar-refractivity contribution in [2.75, 3.05) is 7.11 Å². The summed E-state index contributed by atoms with van der Waals surface area (Å²) in [4.78, 5) is 11.8. The maximum absolute atomic E-state index is 11.8.